The lowest BCUT2D eigenvalue weighted by molar-refractivity contribution is -0.271. The number of nitrogens with one attached hydrogen (secondary N) is 2. The highest BCUT2D eigenvalue weighted by Crippen LogP contribution is 2.36. The van der Waals surface area contributed by atoms with Gasteiger partial charge in [-0.2, -0.15) is 0 Å². The zero-order valence-corrected chi connectivity index (χ0v) is 27.4. The average Bonchev–Trinajstić information content (AvgIpc) is 3.02. The summed E-state index contributed by atoms with van der Waals surface area (Å²) in [5.74, 6) is -4.02. The third-order valence-corrected chi connectivity index (χ3v) is 8.70. The number of benzene rings is 1. The van der Waals surface area contributed by atoms with Crippen LogP contribution >= 0.6 is 0 Å². The first-order valence-electron chi connectivity index (χ1n) is 15.8. The van der Waals surface area contributed by atoms with Crippen molar-refractivity contribution in [3.05, 3.63) is 47.7 Å². The van der Waals surface area contributed by atoms with Crippen LogP contribution in [0.5, 0.6) is 0 Å². The monoisotopic (exact) mass is 638 g/mol. The third-order valence-electron chi connectivity index (χ3n) is 8.70. The first-order chi connectivity index (χ1) is 21.6. The molecule has 4 N–H and O–H groups in total. The predicted octanol–water partition coefficient (Wildman–Crippen LogP) is 3.39. The summed E-state index contributed by atoms with van der Waals surface area (Å²) in [4.78, 5) is 56.6. The smallest absolute Gasteiger partial charge is 0.322 e. The molecule has 0 saturated carbocycles. The van der Waals surface area contributed by atoms with E-state index in [2.05, 4.69) is 15.7 Å². The Morgan fingerprint density at radius 3 is 2.41 bits per heavy atom. The number of nitrogens with zero attached hydrogens (tertiary/aromatic N) is 2. The number of aliphatic carboxylic acids is 1. The van der Waals surface area contributed by atoms with Crippen LogP contribution in [0.3, 0.4) is 0 Å². The van der Waals surface area contributed by atoms with Crippen molar-refractivity contribution in [2.24, 2.45) is 17.3 Å². The van der Waals surface area contributed by atoms with E-state index in [9.17, 15) is 29.4 Å². The lowest BCUT2D eigenvalue weighted by atomic mass is 9.77. The predicted molar refractivity (Wildman–Crippen MR) is 171 cm³/mol. The summed E-state index contributed by atoms with van der Waals surface area (Å²) in [5.41, 5.74) is 3.61. The maximum atomic E-state index is 14.1. The molecule has 1 aromatic heterocycles. The number of carbonyl (C=O) groups is 4. The minimum atomic E-state index is -1.17. The van der Waals surface area contributed by atoms with Gasteiger partial charge in [-0.15, -0.1) is 0 Å². The molecule has 0 unspecified atom stereocenters. The molecule has 2 aromatic rings. The van der Waals surface area contributed by atoms with Gasteiger partial charge in [0, 0.05) is 24.3 Å². The summed E-state index contributed by atoms with van der Waals surface area (Å²) in [5, 5.41) is 24.2. The van der Waals surface area contributed by atoms with Crippen LogP contribution in [0.15, 0.2) is 36.4 Å². The van der Waals surface area contributed by atoms with Crippen LogP contribution in [0.1, 0.15) is 78.2 Å². The molecule has 3 heterocycles. The first kappa shape index (κ1) is 35.1. The van der Waals surface area contributed by atoms with Gasteiger partial charge >= 0.3 is 5.97 Å². The number of aliphatic hydroxyl groups is 1. The highest BCUT2D eigenvalue weighted by molar-refractivity contribution is 5.94. The second-order valence-electron chi connectivity index (χ2n) is 13.2. The molecule has 0 bridgehead atoms. The molecule has 2 fully saturated rings. The van der Waals surface area contributed by atoms with Crippen LogP contribution in [-0.2, 0) is 28.7 Å². The minimum Gasteiger partial charge on any atom is -0.480 e. The molecule has 12 heteroatoms. The van der Waals surface area contributed by atoms with E-state index in [1.165, 1.54) is 5.01 Å². The van der Waals surface area contributed by atoms with Gasteiger partial charge in [-0.25, -0.2) is 5.43 Å². The molecule has 0 radical (unpaired) electrons. The molecule has 2 saturated heterocycles. The van der Waals surface area contributed by atoms with E-state index in [4.69, 9.17) is 9.47 Å². The number of Topliss-reactive ketones (excluding diaryl/α,β-unsaturated/α-hetero) is 1. The Balaban J connectivity index is 1.52. The number of carboxylic acid groups (broad SMARTS) is 1. The fraction of sp³-hybridized carbons (Fsp3) is 0.559. The van der Waals surface area contributed by atoms with Crippen molar-refractivity contribution < 1.29 is 38.9 Å². The largest absolute Gasteiger partial charge is 0.480 e. The lowest BCUT2D eigenvalue weighted by Gasteiger charge is -2.41. The first-order valence-corrected chi connectivity index (χ1v) is 15.8. The van der Waals surface area contributed by atoms with Crippen molar-refractivity contribution >= 4 is 40.5 Å². The fourth-order valence-corrected chi connectivity index (χ4v) is 5.55. The summed E-state index contributed by atoms with van der Waals surface area (Å²) in [6, 6.07) is 7.58. The van der Waals surface area contributed by atoms with Crippen molar-refractivity contribution in [1.29, 1.82) is 0 Å². The standard InChI is InChI=1S/C34H46N4O8/c1-20(2)25(30(41)35-21(3)31(42)38-15-7-8-27(37-38)32(43)44)17-29(40)34(18-45-33(5,6)46-19-34)14-13-23-9-10-24-11-12-26(22(4)39)36-28(24)16-23/h9-14,16,20-22,25,27,37,39H,7-8,15,17-19H2,1-6H3,(H,35,41)(H,43,44)/b14-13+/t21-,22+,25-,27-/m0/s1. The molecular formula is C34H46N4O8. The molecule has 1 aromatic carbocycles. The summed E-state index contributed by atoms with van der Waals surface area (Å²) in [6.07, 6.45) is 3.70. The number of pyridine rings is 1. The van der Waals surface area contributed by atoms with E-state index in [1.54, 1.807) is 39.8 Å². The topological polar surface area (TPSA) is 167 Å². The van der Waals surface area contributed by atoms with E-state index in [0.29, 0.717) is 30.6 Å². The Labute approximate surface area is 269 Å². The zero-order valence-electron chi connectivity index (χ0n) is 27.4. The van der Waals surface area contributed by atoms with E-state index >= 15 is 0 Å². The highest BCUT2D eigenvalue weighted by Gasteiger charge is 2.45. The molecule has 2 aliphatic heterocycles. The maximum Gasteiger partial charge on any atom is 0.322 e. The number of hydrogen-bond acceptors (Lipinski definition) is 9. The van der Waals surface area contributed by atoms with Crippen molar-refractivity contribution in [2.45, 2.75) is 84.8 Å². The Morgan fingerprint density at radius 1 is 1.11 bits per heavy atom. The van der Waals surface area contributed by atoms with E-state index in [0.717, 1.165) is 10.9 Å². The minimum absolute atomic E-state index is 0.0556. The number of hydrogen-bond donors (Lipinski definition) is 4. The second-order valence-corrected chi connectivity index (χ2v) is 13.2. The summed E-state index contributed by atoms with van der Waals surface area (Å²) in [6.45, 7) is 10.9. The summed E-state index contributed by atoms with van der Waals surface area (Å²) < 4.78 is 11.9. The fourth-order valence-electron chi connectivity index (χ4n) is 5.55. The van der Waals surface area contributed by atoms with Gasteiger partial charge < -0.3 is 25.0 Å². The van der Waals surface area contributed by atoms with E-state index < -0.39 is 53.1 Å². The van der Waals surface area contributed by atoms with Gasteiger partial charge in [0.05, 0.1) is 35.9 Å². The molecule has 0 spiro atoms. The molecule has 46 heavy (non-hydrogen) atoms. The number of amides is 2. The Morgan fingerprint density at radius 2 is 1.78 bits per heavy atom. The quantitative estimate of drug-likeness (QED) is 0.286. The Hall–Kier alpha value is -3.71. The number of fused-ring (bicyclic) bond motifs is 1. The van der Waals surface area contributed by atoms with Crippen LogP contribution < -0.4 is 10.7 Å². The molecule has 2 amide bonds. The molecule has 4 atom stereocenters. The molecule has 4 rings (SSSR count). The third kappa shape index (κ3) is 8.35. The van der Waals surface area contributed by atoms with Crippen molar-refractivity contribution in [2.75, 3.05) is 19.8 Å². The molecule has 250 valence electrons. The number of ketones is 1. The molecular weight excluding hydrogens is 592 g/mol. The summed E-state index contributed by atoms with van der Waals surface area (Å²) in [7, 11) is 0. The average molecular weight is 639 g/mol. The number of carboxylic acids is 1. The van der Waals surface area contributed by atoms with Crippen molar-refractivity contribution in [1.82, 2.24) is 20.7 Å². The lowest BCUT2D eigenvalue weighted by Crippen LogP contribution is -2.59. The zero-order chi connectivity index (χ0) is 33.8. The van der Waals surface area contributed by atoms with Gasteiger partial charge in [-0.3, -0.25) is 29.2 Å². The van der Waals surface area contributed by atoms with Crippen LogP contribution in [0.25, 0.3) is 17.0 Å². The van der Waals surface area contributed by atoms with Gasteiger partial charge in [0.15, 0.2) is 5.79 Å². The normalized spacial score (nSPS) is 21.6. The van der Waals surface area contributed by atoms with Gasteiger partial charge in [0.1, 0.15) is 17.9 Å². The van der Waals surface area contributed by atoms with Gasteiger partial charge in [-0.05, 0) is 64.2 Å². The van der Waals surface area contributed by atoms with Crippen LogP contribution in [0.2, 0.25) is 0 Å². The van der Waals surface area contributed by atoms with E-state index in [-0.39, 0.29) is 31.3 Å². The van der Waals surface area contributed by atoms with Crippen molar-refractivity contribution in [3.63, 3.8) is 0 Å². The number of ether oxygens (including phenoxy) is 2. The molecule has 12 nitrogen and oxygen atoms in total. The number of aromatic nitrogens is 1. The molecule has 2 aliphatic rings. The van der Waals surface area contributed by atoms with Crippen LogP contribution in [0, 0.1) is 17.3 Å². The number of aliphatic hydroxyl groups excluding tert-OH is 1. The Kier molecular flexibility index (Phi) is 11.0. The Bertz CT molecular complexity index is 1480. The van der Waals surface area contributed by atoms with Gasteiger partial charge in [-0.1, -0.05) is 44.2 Å². The van der Waals surface area contributed by atoms with E-state index in [1.807, 2.05) is 44.2 Å². The van der Waals surface area contributed by atoms with Gasteiger partial charge in [0.2, 0.25) is 5.91 Å². The SMILES string of the molecule is CC(C)[C@H](CC(=O)C1(/C=C/c2ccc3ccc([C@@H](C)O)nc3c2)COC(C)(C)OC1)C(=O)N[C@@H](C)C(=O)N1CCC[C@@H](C(=O)O)N1. The van der Waals surface area contributed by atoms with Gasteiger partial charge in [0.25, 0.3) is 5.91 Å². The molecule has 0 aliphatic carbocycles. The number of rotatable bonds is 11. The van der Waals surface area contributed by atoms with Crippen LogP contribution in [-0.4, -0.2) is 81.4 Å². The summed E-state index contributed by atoms with van der Waals surface area (Å²) >= 11 is 0. The number of hydrazine groups is 1. The van der Waals surface area contributed by atoms with Crippen LogP contribution in [0.4, 0.5) is 0 Å². The number of carbonyl (C=O) groups excluding carboxylic acids is 3. The second kappa shape index (κ2) is 14.4. The van der Waals surface area contributed by atoms with Crippen molar-refractivity contribution in [3.8, 4) is 0 Å². The maximum absolute atomic E-state index is 14.1. The highest BCUT2D eigenvalue weighted by atomic mass is 16.7.